The van der Waals surface area contributed by atoms with E-state index in [4.69, 9.17) is 11.6 Å². The Labute approximate surface area is 162 Å². The second-order valence-corrected chi connectivity index (χ2v) is 7.05. The van der Waals surface area contributed by atoms with Gasteiger partial charge in [0.2, 0.25) is 0 Å². The van der Waals surface area contributed by atoms with Gasteiger partial charge in [-0.25, -0.2) is 4.39 Å². The molecular weight excluding hydrogens is 404 g/mol. The molecule has 1 aliphatic heterocycles. The van der Waals surface area contributed by atoms with Crippen molar-refractivity contribution in [3.05, 3.63) is 70.0 Å². The molecule has 0 aromatic heterocycles. The third-order valence-corrected chi connectivity index (χ3v) is 5.25. The normalized spacial score (nSPS) is 14.4. The smallest absolute Gasteiger partial charge is 0.285 e. The lowest BCUT2D eigenvalue weighted by atomic mass is 10.1. The number of thioether (sulfide) groups is 1. The van der Waals surface area contributed by atoms with E-state index >= 15 is 0 Å². The molecule has 9 heteroatoms. The Kier molecular flexibility index (Phi) is 5.76. The molecule has 1 amide bonds. The number of nitrogens with zero attached hydrogens (tertiary/aromatic N) is 2. The zero-order chi connectivity index (χ0) is 19.6. The topological polar surface area (TPSA) is 32.7 Å². The number of alkyl halides is 3. The highest BCUT2D eigenvalue weighted by Gasteiger charge is 2.31. The fourth-order valence-electron chi connectivity index (χ4n) is 2.56. The fourth-order valence-corrected chi connectivity index (χ4v) is 3.79. The number of amidine groups is 1. The van der Waals surface area contributed by atoms with Crippen LogP contribution in [0.15, 0.2) is 47.5 Å². The number of carbonyl (C=O) groups excluding carboxylic acids is 1. The molecule has 3 rings (SSSR count). The predicted octanol–water partition coefficient (Wildman–Crippen LogP) is 5.24. The Balaban J connectivity index is 1.73. The van der Waals surface area contributed by atoms with Crippen LogP contribution in [0.2, 0.25) is 5.02 Å². The molecule has 1 heterocycles. The van der Waals surface area contributed by atoms with Crippen molar-refractivity contribution >= 4 is 34.4 Å². The van der Waals surface area contributed by atoms with Gasteiger partial charge in [0.15, 0.2) is 5.17 Å². The quantitative estimate of drug-likeness (QED) is 0.641. The summed E-state index contributed by atoms with van der Waals surface area (Å²) in [6, 6.07) is 8.91. The van der Waals surface area contributed by atoms with Gasteiger partial charge >= 0.3 is 6.18 Å². The van der Waals surface area contributed by atoms with Crippen molar-refractivity contribution in [3.63, 3.8) is 0 Å². The van der Waals surface area contributed by atoms with Gasteiger partial charge in [-0.3, -0.25) is 14.7 Å². The molecule has 0 aliphatic carbocycles. The lowest BCUT2D eigenvalue weighted by molar-refractivity contribution is -0.137. The Morgan fingerprint density at radius 3 is 2.67 bits per heavy atom. The number of carbonyl (C=O) groups is 1. The van der Waals surface area contributed by atoms with Crippen LogP contribution in [0.4, 0.5) is 17.6 Å². The van der Waals surface area contributed by atoms with E-state index in [1.165, 1.54) is 23.1 Å². The van der Waals surface area contributed by atoms with Crippen LogP contribution in [0.5, 0.6) is 0 Å². The number of benzene rings is 2. The highest BCUT2D eigenvalue weighted by atomic mass is 35.5. The van der Waals surface area contributed by atoms with Crippen molar-refractivity contribution < 1.29 is 22.4 Å². The largest absolute Gasteiger partial charge is 0.416 e. The molecule has 3 nitrogen and oxygen atoms in total. The highest BCUT2D eigenvalue weighted by Crippen LogP contribution is 2.31. The minimum absolute atomic E-state index is 0.00544. The maximum absolute atomic E-state index is 14.0. The number of hydrogen-bond acceptors (Lipinski definition) is 3. The molecule has 0 unspecified atom stereocenters. The van der Waals surface area contributed by atoms with Crippen LogP contribution in [0.25, 0.3) is 0 Å². The molecule has 142 valence electrons. The Morgan fingerprint density at radius 2 is 1.96 bits per heavy atom. The molecule has 27 heavy (non-hydrogen) atoms. The summed E-state index contributed by atoms with van der Waals surface area (Å²) >= 11 is 7.06. The summed E-state index contributed by atoms with van der Waals surface area (Å²) in [7, 11) is 0. The van der Waals surface area contributed by atoms with E-state index in [-0.39, 0.29) is 22.9 Å². The van der Waals surface area contributed by atoms with E-state index in [2.05, 4.69) is 4.99 Å². The van der Waals surface area contributed by atoms with Gasteiger partial charge in [-0.2, -0.15) is 13.2 Å². The van der Waals surface area contributed by atoms with Crippen molar-refractivity contribution in [3.8, 4) is 0 Å². The second kappa shape index (κ2) is 7.90. The van der Waals surface area contributed by atoms with E-state index in [9.17, 15) is 22.4 Å². The number of hydrogen-bond donors (Lipinski definition) is 0. The standard InChI is InChI=1S/C18H13ClF4N2OS/c19-13-5-2-6-14(20)15(13)16(26)25-8-7-24-17(25)27-10-11-3-1-4-12(9-11)18(21,22)23/h1-6,9H,7-8,10H2. The lowest BCUT2D eigenvalue weighted by Gasteiger charge is -2.19. The summed E-state index contributed by atoms with van der Waals surface area (Å²) in [5, 5.41) is 0.325. The third-order valence-electron chi connectivity index (χ3n) is 3.85. The lowest BCUT2D eigenvalue weighted by Crippen LogP contribution is -2.33. The molecule has 0 atom stereocenters. The number of halogens is 5. The first kappa shape index (κ1) is 19.7. The van der Waals surface area contributed by atoms with Crippen molar-refractivity contribution in [2.24, 2.45) is 4.99 Å². The van der Waals surface area contributed by atoms with E-state index in [0.29, 0.717) is 17.3 Å². The molecule has 2 aromatic rings. The first-order valence-corrected chi connectivity index (χ1v) is 9.23. The SMILES string of the molecule is O=C(c1c(F)cccc1Cl)N1CCN=C1SCc1cccc(C(F)(F)F)c1. The van der Waals surface area contributed by atoms with Crippen LogP contribution in [0.1, 0.15) is 21.5 Å². The Morgan fingerprint density at radius 1 is 1.22 bits per heavy atom. The molecule has 0 spiro atoms. The monoisotopic (exact) mass is 416 g/mol. The zero-order valence-electron chi connectivity index (χ0n) is 13.8. The molecule has 0 bridgehead atoms. The minimum atomic E-state index is -4.42. The molecule has 0 saturated heterocycles. The summed E-state index contributed by atoms with van der Waals surface area (Å²) in [5.74, 6) is -1.16. The average Bonchev–Trinajstić information content (AvgIpc) is 3.08. The van der Waals surface area contributed by atoms with Crippen LogP contribution in [0, 0.1) is 5.82 Å². The number of rotatable bonds is 3. The number of aliphatic imine (C=N–C) groups is 1. The summed E-state index contributed by atoms with van der Waals surface area (Å²) in [6.45, 7) is 0.594. The van der Waals surface area contributed by atoms with Crippen molar-refractivity contribution in [2.75, 3.05) is 13.1 Å². The van der Waals surface area contributed by atoms with Gasteiger partial charge < -0.3 is 0 Å². The molecule has 0 N–H and O–H groups in total. The van der Waals surface area contributed by atoms with Crippen LogP contribution in [-0.2, 0) is 11.9 Å². The van der Waals surface area contributed by atoms with Crippen LogP contribution >= 0.6 is 23.4 Å². The van der Waals surface area contributed by atoms with Crippen LogP contribution in [-0.4, -0.2) is 29.1 Å². The van der Waals surface area contributed by atoms with Crippen molar-refractivity contribution in [1.82, 2.24) is 4.90 Å². The van der Waals surface area contributed by atoms with Gasteiger partial charge in [-0.15, -0.1) is 0 Å². The fraction of sp³-hybridized carbons (Fsp3) is 0.222. The van der Waals surface area contributed by atoms with E-state index in [0.717, 1.165) is 30.0 Å². The first-order chi connectivity index (χ1) is 12.8. The number of amides is 1. The van der Waals surface area contributed by atoms with Crippen LogP contribution < -0.4 is 0 Å². The predicted molar refractivity (Wildman–Crippen MR) is 97.5 cm³/mol. The van der Waals surface area contributed by atoms with E-state index < -0.39 is 23.5 Å². The highest BCUT2D eigenvalue weighted by molar-refractivity contribution is 8.13. The first-order valence-electron chi connectivity index (χ1n) is 7.86. The van der Waals surface area contributed by atoms with E-state index in [1.54, 1.807) is 6.07 Å². The molecule has 0 radical (unpaired) electrons. The third kappa shape index (κ3) is 4.44. The minimum Gasteiger partial charge on any atom is -0.285 e. The summed E-state index contributed by atoms with van der Waals surface area (Å²) < 4.78 is 52.4. The Bertz CT molecular complexity index is 881. The van der Waals surface area contributed by atoms with Crippen LogP contribution in [0.3, 0.4) is 0 Å². The molecule has 0 saturated carbocycles. The van der Waals surface area contributed by atoms with Gasteiger partial charge in [0.25, 0.3) is 5.91 Å². The average molecular weight is 417 g/mol. The van der Waals surface area contributed by atoms with Gasteiger partial charge in [-0.05, 0) is 23.8 Å². The maximum Gasteiger partial charge on any atom is 0.416 e. The maximum atomic E-state index is 14.0. The van der Waals surface area contributed by atoms with Gasteiger partial charge in [0.1, 0.15) is 5.82 Å². The van der Waals surface area contributed by atoms with Crippen molar-refractivity contribution in [2.45, 2.75) is 11.9 Å². The van der Waals surface area contributed by atoms with E-state index in [1.807, 2.05) is 0 Å². The molecular formula is C18H13ClF4N2OS. The second-order valence-electron chi connectivity index (χ2n) is 5.70. The molecule has 2 aromatic carbocycles. The van der Waals surface area contributed by atoms with Crippen molar-refractivity contribution in [1.29, 1.82) is 0 Å². The molecule has 0 fully saturated rings. The van der Waals surface area contributed by atoms with Gasteiger partial charge in [0.05, 0.1) is 22.7 Å². The molecule has 1 aliphatic rings. The zero-order valence-corrected chi connectivity index (χ0v) is 15.3. The Hall–Kier alpha value is -2.06. The summed E-state index contributed by atoms with van der Waals surface area (Å²) in [6.07, 6.45) is -4.42. The van der Waals surface area contributed by atoms with Gasteiger partial charge in [-0.1, -0.05) is 47.6 Å². The summed E-state index contributed by atoms with van der Waals surface area (Å²) in [5.41, 5.74) is -0.533. The van der Waals surface area contributed by atoms with Gasteiger partial charge in [0, 0.05) is 12.3 Å². The summed E-state index contributed by atoms with van der Waals surface area (Å²) in [4.78, 5) is 18.2.